The number of alkyl halides is 3. The van der Waals surface area contributed by atoms with Gasteiger partial charge in [-0.2, -0.15) is 13.2 Å². The van der Waals surface area contributed by atoms with E-state index in [9.17, 15) is 18.0 Å². The van der Waals surface area contributed by atoms with E-state index >= 15 is 0 Å². The number of carbonyl (C=O) groups is 1. The Morgan fingerprint density at radius 3 is 2.45 bits per heavy atom. The topological polar surface area (TPSA) is 51.2 Å². The zero-order chi connectivity index (χ0) is 16.2. The molecular weight excluding hydrogens is 321 g/mol. The fourth-order valence-electron chi connectivity index (χ4n) is 1.55. The molecule has 0 bridgehead atoms. The molecule has 2 aromatic rings. The van der Waals surface area contributed by atoms with Gasteiger partial charge in [0.2, 0.25) is 0 Å². The van der Waals surface area contributed by atoms with Crippen LogP contribution in [0.15, 0.2) is 42.5 Å². The predicted octanol–water partition coefficient (Wildman–Crippen LogP) is 4.50. The summed E-state index contributed by atoms with van der Waals surface area (Å²) in [6.07, 6.45) is -5.44. The lowest BCUT2D eigenvalue weighted by atomic mass is 10.2. The van der Waals surface area contributed by atoms with Gasteiger partial charge in [0.05, 0.1) is 5.69 Å². The largest absolute Gasteiger partial charge is 0.444 e. The monoisotopic (exact) mass is 330 g/mol. The van der Waals surface area contributed by atoms with Crippen molar-refractivity contribution in [1.82, 2.24) is 4.98 Å². The van der Waals surface area contributed by atoms with Crippen LogP contribution in [0.1, 0.15) is 11.3 Å². The Morgan fingerprint density at radius 2 is 1.86 bits per heavy atom. The maximum Gasteiger partial charge on any atom is 0.433 e. The normalized spacial score (nSPS) is 11.1. The number of benzene rings is 1. The molecule has 1 heterocycles. The first-order chi connectivity index (χ1) is 10.4. The highest BCUT2D eigenvalue weighted by atomic mass is 35.5. The lowest BCUT2D eigenvalue weighted by molar-refractivity contribution is -0.141. The molecular formula is C14H10ClF3N2O2. The van der Waals surface area contributed by atoms with E-state index in [1.54, 1.807) is 24.3 Å². The van der Waals surface area contributed by atoms with Crippen LogP contribution in [0.5, 0.6) is 0 Å². The molecule has 0 spiro atoms. The van der Waals surface area contributed by atoms with Crippen molar-refractivity contribution in [2.45, 2.75) is 12.8 Å². The van der Waals surface area contributed by atoms with Crippen molar-refractivity contribution >= 4 is 23.4 Å². The van der Waals surface area contributed by atoms with Gasteiger partial charge in [-0.3, -0.25) is 5.32 Å². The van der Waals surface area contributed by atoms with E-state index in [1.807, 2.05) is 6.07 Å². The molecule has 0 saturated carbocycles. The van der Waals surface area contributed by atoms with Crippen LogP contribution in [-0.2, 0) is 17.5 Å². The van der Waals surface area contributed by atoms with E-state index < -0.39 is 23.1 Å². The number of hydrogen-bond donors (Lipinski definition) is 1. The summed E-state index contributed by atoms with van der Waals surface area (Å²) >= 11 is 5.62. The summed E-state index contributed by atoms with van der Waals surface area (Å²) in [7, 11) is 0. The summed E-state index contributed by atoms with van der Waals surface area (Å²) < 4.78 is 42.2. The molecule has 0 aliphatic carbocycles. The molecule has 2 rings (SSSR count). The van der Waals surface area contributed by atoms with Crippen molar-refractivity contribution < 1.29 is 22.7 Å². The van der Waals surface area contributed by atoms with Gasteiger partial charge in [-0.15, -0.1) is 0 Å². The highest BCUT2D eigenvalue weighted by Gasteiger charge is 2.33. The third-order valence-corrected chi connectivity index (χ3v) is 2.88. The number of aromatic nitrogens is 1. The van der Waals surface area contributed by atoms with Crippen LogP contribution in [0.4, 0.5) is 23.7 Å². The Balaban J connectivity index is 1.97. The molecule has 1 aromatic carbocycles. The lowest BCUT2D eigenvalue weighted by Gasteiger charge is -2.10. The van der Waals surface area contributed by atoms with Crippen LogP contribution in [0.2, 0.25) is 5.15 Å². The summed E-state index contributed by atoms with van der Waals surface area (Å²) in [4.78, 5) is 14.8. The molecule has 1 aromatic heterocycles. The summed E-state index contributed by atoms with van der Waals surface area (Å²) in [6.45, 7) is 0.0261. The first-order valence-corrected chi connectivity index (χ1v) is 6.45. The maximum absolute atomic E-state index is 12.4. The fourth-order valence-corrected chi connectivity index (χ4v) is 1.76. The molecule has 0 fully saturated rings. The van der Waals surface area contributed by atoms with E-state index in [0.29, 0.717) is 0 Å². The highest BCUT2D eigenvalue weighted by Crippen LogP contribution is 2.30. The lowest BCUT2D eigenvalue weighted by Crippen LogP contribution is -2.15. The predicted molar refractivity (Wildman–Crippen MR) is 74.5 cm³/mol. The van der Waals surface area contributed by atoms with Crippen LogP contribution in [0, 0.1) is 0 Å². The van der Waals surface area contributed by atoms with Crippen LogP contribution >= 0.6 is 11.6 Å². The molecule has 0 atom stereocenters. The van der Waals surface area contributed by atoms with Gasteiger partial charge in [0.15, 0.2) is 5.15 Å². The first-order valence-electron chi connectivity index (χ1n) is 6.07. The summed E-state index contributed by atoms with van der Waals surface area (Å²) in [5.41, 5.74) is -0.428. The van der Waals surface area contributed by atoms with Gasteiger partial charge in [-0.05, 0) is 17.7 Å². The average Bonchev–Trinajstić information content (AvgIpc) is 2.47. The Kier molecular flexibility index (Phi) is 4.87. The molecule has 8 heteroatoms. The molecule has 4 nitrogen and oxygen atoms in total. The number of carbonyl (C=O) groups excluding carboxylic acids is 1. The van der Waals surface area contributed by atoms with Crippen molar-refractivity contribution in [2.75, 3.05) is 5.32 Å². The van der Waals surface area contributed by atoms with Crippen LogP contribution in [0.3, 0.4) is 0 Å². The number of anilines is 1. The van der Waals surface area contributed by atoms with Crippen LogP contribution in [-0.4, -0.2) is 11.1 Å². The van der Waals surface area contributed by atoms with Gasteiger partial charge >= 0.3 is 12.3 Å². The minimum atomic E-state index is -4.60. The molecule has 116 valence electrons. The number of hydrogen-bond acceptors (Lipinski definition) is 3. The Hall–Kier alpha value is -2.28. The van der Waals surface area contributed by atoms with Crippen molar-refractivity contribution in [2.24, 2.45) is 0 Å². The SMILES string of the molecule is O=C(Nc1ccc(C(F)(F)F)nc1Cl)OCc1ccccc1. The van der Waals surface area contributed by atoms with E-state index in [-0.39, 0.29) is 12.3 Å². The molecule has 0 unspecified atom stereocenters. The number of pyridine rings is 1. The van der Waals surface area contributed by atoms with Gasteiger partial charge < -0.3 is 4.74 Å². The summed E-state index contributed by atoms with van der Waals surface area (Å²) in [5.74, 6) is 0. The average molecular weight is 331 g/mol. The van der Waals surface area contributed by atoms with Crippen molar-refractivity contribution in [3.63, 3.8) is 0 Å². The third kappa shape index (κ3) is 4.36. The van der Waals surface area contributed by atoms with Gasteiger partial charge in [0, 0.05) is 0 Å². The maximum atomic E-state index is 12.4. The van der Waals surface area contributed by atoms with Crippen LogP contribution < -0.4 is 5.32 Å². The fraction of sp³-hybridized carbons (Fsp3) is 0.143. The van der Waals surface area contributed by atoms with Crippen molar-refractivity contribution in [3.05, 3.63) is 58.9 Å². The molecule has 1 N–H and O–H groups in total. The van der Waals surface area contributed by atoms with Crippen molar-refractivity contribution in [3.8, 4) is 0 Å². The smallest absolute Gasteiger partial charge is 0.433 e. The molecule has 1 amide bonds. The van der Waals surface area contributed by atoms with E-state index in [0.717, 1.165) is 17.7 Å². The van der Waals surface area contributed by atoms with E-state index in [2.05, 4.69) is 10.3 Å². The second-order valence-corrected chi connectivity index (χ2v) is 4.58. The Labute approximate surface area is 128 Å². The first kappa shape index (κ1) is 16.1. The third-order valence-electron chi connectivity index (χ3n) is 2.59. The quantitative estimate of drug-likeness (QED) is 0.843. The second-order valence-electron chi connectivity index (χ2n) is 4.22. The molecule has 0 radical (unpaired) electrons. The molecule has 0 aliphatic heterocycles. The minimum absolute atomic E-state index is 0.0261. The number of nitrogens with zero attached hydrogens (tertiary/aromatic N) is 1. The number of amides is 1. The van der Waals surface area contributed by atoms with Gasteiger partial charge in [-0.25, -0.2) is 9.78 Å². The Morgan fingerprint density at radius 1 is 1.18 bits per heavy atom. The van der Waals surface area contributed by atoms with Gasteiger partial charge in [0.25, 0.3) is 0 Å². The van der Waals surface area contributed by atoms with E-state index in [4.69, 9.17) is 16.3 Å². The number of nitrogens with one attached hydrogen (secondary N) is 1. The number of halogens is 4. The Bertz CT molecular complexity index is 663. The van der Waals surface area contributed by atoms with Gasteiger partial charge in [-0.1, -0.05) is 41.9 Å². The summed E-state index contributed by atoms with van der Waals surface area (Å²) in [6, 6.07) is 10.7. The standard InChI is InChI=1S/C14H10ClF3N2O2/c15-12-10(6-7-11(20-12)14(16,17)18)19-13(21)22-8-9-4-2-1-3-5-9/h1-7H,8H2,(H,19,21). The minimum Gasteiger partial charge on any atom is -0.444 e. The molecule has 22 heavy (non-hydrogen) atoms. The zero-order valence-corrected chi connectivity index (χ0v) is 11.8. The highest BCUT2D eigenvalue weighted by molar-refractivity contribution is 6.32. The molecule has 0 aliphatic rings. The zero-order valence-electron chi connectivity index (χ0n) is 11.0. The molecule has 0 saturated heterocycles. The van der Waals surface area contributed by atoms with Crippen LogP contribution in [0.25, 0.3) is 0 Å². The number of ether oxygens (including phenoxy) is 1. The van der Waals surface area contributed by atoms with Crippen molar-refractivity contribution in [1.29, 1.82) is 0 Å². The van der Waals surface area contributed by atoms with E-state index in [1.165, 1.54) is 0 Å². The summed E-state index contributed by atoms with van der Waals surface area (Å²) in [5, 5.41) is 1.77. The second kappa shape index (κ2) is 6.65. The number of rotatable bonds is 3. The van der Waals surface area contributed by atoms with Gasteiger partial charge in [0.1, 0.15) is 12.3 Å².